The molecule has 3 N–H and O–H groups in total. The van der Waals surface area contributed by atoms with Gasteiger partial charge in [-0.3, -0.25) is 14.5 Å². The van der Waals surface area contributed by atoms with Gasteiger partial charge in [-0.1, -0.05) is 19.3 Å². The average Bonchev–Trinajstić information content (AvgIpc) is 3.62. The Morgan fingerprint density at radius 3 is 2.60 bits per heavy atom. The predicted octanol–water partition coefficient (Wildman–Crippen LogP) is 4.45. The van der Waals surface area contributed by atoms with Gasteiger partial charge in [-0.25, -0.2) is 17.9 Å². The summed E-state index contributed by atoms with van der Waals surface area (Å²) in [5, 5.41) is 7.61. The second kappa shape index (κ2) is 10.0. The highest BCUT2D eigenvalue weighted by Crippen LogP contribution is 2.55. The molecule has 3 aliphatic carbocycles. The summed E-state index contributed by atoms with van der Waals surface area (Å²) in [5.74, 6) is 3.87. The van der Waals surface area contributed by atoms with Crippen molar-refractivity contribution < 1.29 is 8.42 Å². The Kier molecular flexibility index (Phi) is 6.99. The van der Waals surface area contributed by atoms with Crippen molar-refractivity contribution in [2.24, 2.45) is 17.8 Å². The van der Waals surface area contributed by atoms with Crippen molar-refractivity contribution in [2.45, 2.75) is 111 Å². The summed E-state index contributed by atoms with van der Waals surface area (Å²) >= 11 is 3.80. The number of thioether (sulfide) groups is 2. The van der Waals surface area contributed by atoms with Gasteiger partial charge in [0.2, 0.25) is 10.0 Å². The average molecular weight is 606 g/mol. The van der Waals surface area contributed by atoms with Gasteiger partial charge >= 0.3 is 5.69 Å². The summed E-state index contributed by atoms with van der Waals surface area (Å²) in [4.78, 5) is 14.6. The van der Waals surface area contributed by atoms with Gasteiger partial charge in [0, 0.05) is 29.8 Å². The summed E-state index contributed by atoms with van der Waals surface area (Å²) in [6.45, 7) is 7.15. The van der Waals surface area contributed by atoms with Gasteiger partial charge in [0.15, 0.2) is 0 Å². The molecule has 2 aliphatic heterocycles. The molecule has 1 aromatic carbocycles. The zero-order valence-corrected chi connectivity index (χ0v) is 26.3. The van der Waals surface area contributed by atoms with Crippen LogP contribution in [0.25, 0.3) is 11.0 Å². The maximum atomic E-state index is 14.4. The van der Waals surface area contributed by atoms with Crippen molar-refractivity contribution in [3.63, 3.8) is 0 Å². The van der Waals surface area contributed by atoms with E-state index >= 15 is 0 Å². The number of imidazole rings is 1. The van der Waals surface area contributed by atoms with Gasteiger partial charge in [0.1, 0.15) is 0 Å². The quantitative estimate of drug-likeness (QED) is 0.429. The smallest absolute Gasteiger partial charge is 0.302 e. The third kappa shape index (κ3) is 4.90. The molecule has 3 heterocycles. The van der Waals surface area contributed by atoms with E-state index in [-0.39, 0.29) is 33.1 Å². The summed E-state index contributed by atoms with van der Waals surface area (Å²) in [6, 6.07) is 5.58. The van der Waals surface area contributed by atoms with Gasteiger partial charge in [-0.2, -0.15) is 0 Å². The monoisotopic (exact) mass is 605 g/mol. The Morgan fingerprint density at radius 1 is 1.10 bits per heavy atom. The van der Waals surface area contributed by atoms with Crippen LogP contribution in [-0.2, 0) is 16.6 Å². The number of rotatable bonds is 7. The molecule has 2 aromatic rings. The lowest BCUT2D eigenvalue weighted by atomic mass is 9.77. The molecule has 7 rings (SSSR count). The number of benzene rings is 1. The largest absolute Gasteiger partial charge is 0.330 e. The van der Waals surface area contributed by atoms with E-state index in [1.807, 2.05) is 33.9 Å². The lowest BCUT2D eigenvalue weighted by Gasteiger charge is -2.41. The van der Waals surface area contributed by atoms with Crippen LogP contribution in [0.2, 0.25) is 0 Å². The van der Waals surface area contributed by atoms with Crippen LogP contribution in [0, 0.1) is 17.8 Å². The van der Waals surface area contributed by atoms with E-state index < -0.39 is 10.0 Å². The van der Waals surface area contributed by atoms with Crippen LogP contribution in [0.15, 0.2) is 27.9 Å². The third-order valence-corrected chi connectivity index (χ3v) is 14.7. The molecule has 2 saturated heterocycles. The minimum absolute atomic E-state index is 0.0338. The highest BCUT2D eigenvalue weighted by molar-refractivity contribution is 8.01. The molecule has 5 fully saturated rings. The van der Waals surface area contributed by atoms with E-state index in [0.29, 0.717) is 23.4 Å². The van der Waals surface area contributed by atoms with Crippen LogP contribution >= 0.6 is 23.5 Å². The number of nitrogens with one attached hydrogen (secondary N) is 3. The molecule has 0 bridgehead atoms. The summed E-state index contributed by atoms with van der Waals surface area (Å²) in [7, 11) is -3.68. The van der Waals surface area contributed by atoms with Crippen molar-refractivity contribution in [1.29, 1.82) is 0 Å². The Morgan fingerprint density at radius 2 is 1.90 bits per heavy atom. The molecule has 3 saturated carbocycles. The van der Waals surface area contributed by atoms with Crippen molar-refractivity contribution in [2.75, 3.05) is 11.6 Å². The van der Waals surface area contributed by atoms with Crippen molar-refractivity contribution in [3.05, 3.63) is 28.7 Å². The van der Waals surface area contributed by atoms with E-state index in [1.54, 1.807) is 23.9 Å². The summed E-state index contributed by atoms with van der Waals surface area (Å²) in [6.07, 6.45) is 9.40. The maximum Gasteiger partial charge on any atom is 0.330 e. The molecule has 7 unspecified atom stereocenters. The number of nitrogens with zero attached hydrogens (tertiary/aromatic N) is 2. The summed E-state index contributed by atoms with van der Waals surface area (Å²) in [5.41, 5.74) is 1.16. The van der Waals surface area contributed by atoms with Crippen LogP contribution < -0.4 is 21.0 Å². The van der Waals surface area contributed by atoms with Gasteiger partial charge in [0.25, 0.3) is 0 Å². The van der Waals surface area contributed by atoms with Crippen LogP contribution in [0.3, 0.4) is 0 Å². The van der Waals surface area contributed by atoms with Gasteiger partial charge in [0.05, 0.1) is 32.2 Å². The lowest BCUT2D eigenvalue weighted by molar-refractivity contribution is 0.232. The topological polar surface area (TPSA) is 97.2 Å². The number of fused-ring (bicyclic) bond motifs is 2. The highest BCUT2D eigenvalue weighted by atomic mass is 32.2. The molecule has 11 heteroatoms. The van der Waals surface area contributed by atoms with Gasteiger partial charge < -0.3 is 5.32 Å². The second-order valence-corrected chi connectivity index (χ2v) is 17.8. The molecule has 40 heavy (non-hydrogen) atoms. The molecule has 0 spiro atoms. The van der Waals surface area contributed by atoms with E-state index in [2.05, 4.69) is 29.2 Å². The van der Waals surface area contributed by atoms with Crippen LogP contribution in [-0.4, -0.2) is 50.9 Å². The van der Waals surface area contributed by atoms with Gasteiger partial charge in [-0.05, 0) is 88.8 Å². The molecule has 7 atom stereocenters. The standard InChI is InChI=1S/C29H43N5O3S3/c1-18-29(39-19(2)31-18,22-7-5-4-6-20-12-21(20)13-22)16-33-24-9-8-23(40(36,37)32-28(3)10-11-28)14-25(24)34(27(33)35)26-15-38-17-30-26/h8-9,14,18-22,26,30-32H,4-7,10-13,15-17H2,1-3H3. The SMILES string of the molecule is CC1NC(C)C(Cn2c(=O)n(C3CSCN3)c3cc(S(=O)(=O)NC4(C)CC4)ccc32)(C2CCCCC3CC3C2)S1. The normalized spacial score (nSPS) is 37.3. The highest BCUT2D eigenvalue weighted by Gasteiger charge is 2.53. The van der Waals surface area contributed by atoms with Crippen LogP contribution in [0.1, 0.15) is 78.3 Å². The zero-order chi connectivity index (χ0) is 27.9. The van der Waals surface area contributed by atoms with Gasteiger partial charge in [-0.15, -0.1) is 23.5 Å². The molecular weight excluding hydrogens is 563 g/mol. The summed E-state index contributed by atoms with van der Waals surface area (Å²) < 4.78 is 33.3. The number of sulfonamides is 1. The molecule has 220 valence electrons. The molecule has 8 nitrogen and oxygen atoms in total. The molecule has 5 aliphatic rings. The van der Waals surface area contributed by atoms with E-state index in [1.165, 1.54) is 38.5 Å². The Bertz CT molecular complexity index is 1460. The first-order chi connectivity index (χ1) is 19.1. The van der Waals surface area contributed by atoms with E-state index in [0.717, 1.165) is 41.8 Å². The Labute approximate surface area is 246 Å². The number of aromatic nitrogens is 2. The van der Waals surface area contributed by atoms with Crippen LogP contribution in [0.4, 0.5) is 0 Å². The predicted molar refractivity (Wildman–Crippen MR) is 164 cm³/mol. The Hall–Kier alpha value is -0.980. The fraction of sp³-hybridized carbons (Fsp3) is 0.759. The Balaban J connectivity index is 1.32. The third-order valence-electron chi connectivity index (χ3n) is 10.4. The first-order valence-electron chi connectivity index (χ1n) is 15.1. The first-order valence-corrected chi connectivity index (χ1v) is 18.6. The molecule has 1 aromatic heterocycles. The minimum Gasteiger partial charge on any atom is -0.302 e. The van der Waals surface area contributed by atoms with E-state index in [9.17, 15) is 13.2 Å². The molecule has 0 amide bonds. The lowest BCUT2D eigenvalue weighted by Crippen LogP contribution is -2.50. The molecular formula is C29H43N5O3S3. The zero-order valence-electron chi connectivity index (χ0n) is 23.8. The number of hydrogen-bond donors (Lipinski definition) is 3. The van der Waals surface area contributed by atoms with E-state index in [4.69, 9.17) is 0 Å². The fourth-order valence-electron chi connectivity index (χ4n) is 7.74. The van der Waals surface area contributed by atoms with Crippen molar-refractivity contribution >= 4 is 44.6 Å². The van der Waals surface area contributed by atoms with Crippen molar-refractivity contribution in [3.8, 4) is 0 Å². The maximum absolute atomic E-state index is 14.4. The minimum atomic E-state index is -3.68. The van der Waals surface area contributed by atoms with Crippen molar-refractivity contribution in [1.82, 2.24) is 24.5 Å². The fourth-order valence-corrected chi connectivity index (χ4v) is 12.0. The second-order valence-electron chi connectivity index (χ2n) is 13.4. The molecule has 0 radical (unpaired) electrons. The number of hydrogen-bond acceptors (Lipinski definition) is 7. The first kappa shape index (κ1) is 27.8. The van der Waals surface area contributed by atoms with Crippen LogP contribution in [0.5, 0.6) is 0 Å².